The molecule has 2 heterocycles. The fourth-order valence-electron chi connectivity index (χ4n) is 3.51. The summed E-state index contributed by atoms with van der Waals surface area (Å²) in [6.45, 7) is 0.761. The number of anilines is 1. The molecule has 0 spiro atoms. The van der Waals surface area contributed by atoms with Crippen molar-refractivity contribution in [2.45, 2.75) is 25.7 Å². The number of nitrogens with zero attached hydrogens (tertiary/aromatic N) is 3. The maximum absolute atomic E-state index is 12.3. The number of rotatable bonds is 6. The summed E-state index contributed by atoms with van der Waals surface area (Å²) in [5, 5.41) is 13.7. The molecule has 1 N–H and O–H groups in total. The number of amides is 2. The molecule has 1 aromatic carbocycles. The number of imide groups is 1. The van der Waals surface area contributed by atoms with E-state index in [-0.39, 0.29) is 16.9 Å². The fourth-order valence-corrected chi connectivity index (χ4v) is 3.51. The lowest BCUT2D eigenvalue weighted by Gasteiger charge is -2.22. The highest BCUT2D eigenvalue weighted by Gasteiger charge is 2.23. The average molecular weight is 428 g/mol. The molecular weight excluding hydrogens is 404 g/mol. The molecule has 1 aromatic heterocycles. The van der Waals surface area contributed by atoms with E-state index >= 15 is 0 Å². The van der Waals surface area contributed by atoms with Gasteiger partial charge >= 0.3 is 5.97 Å². The summed E-state index contributed by atoms with van der Waals surface area (Å²) in [5.74, 6) is -2.30. The van der Waals surface area contributed by atoms with E-state index in [9.17, 15) is 24.5 Å². The Morgan fingerprint density at radius 3 is 2.45 bits per heavy atom. The van der Waals surface area contributed by atoms with E-state index in [4.69, 9.17) is 4.74 Å². The summed E-state index contributed by atoms with van der Waals surface area (Å²) in [6.07, 6.45) is 5.74. The summed E-state index contributed by atoms with van der Waals surface area (Å²) < 4.78 is 6.47. The molecule has 3 rings (SSSR count). The third-order valence-electron chi connectivity index (χ3n) is 5.12. The van der Waals surface area contributed by atoms with Gasteiger partial charge in [0.15, 0.2) is 6.61 Å². The number of hydrogen-bond donors (Lipinski definition) is 1. The predicted octanol–water partition coefficient (Wildman–Crippen LogP) is 2.43. The van der Waals surface area contributed by atoms with Crippen LogP contribution < -0.4 is 10.2 Å². The molecule has 0 bridgehead atoms. The van der Waals surface area contributed by atoms with Gasteiger partial charge in [-0.25, -0.2) is 4.79 Å². The maximum Gasteiger partial charge on any atom is 0.338 e. The second kappa shape index (κ2) is 9.88. The number of esters is 1. The number of carbonyl (C=O) groups excluding carboxylic acids is 3. The van der Waals surface area contributed by atoms with Gasteiger partial charge in [0, 0.05) is 32.4 Å². The maximum atomic E-state index is 12.3. The van der Waals surface area contributed by atoms with E-state index in [1.165, 1.54) is 6.07 Å². The highest BCUT2D eigenvalue weighted by atomic mass is 16.6. The minimum absolute atomic E-state index is 0.0353. The summed E-state index contributed by atoms with van der Waals surface area (Å²) in [7, 11) is 1.65. The molecule has 10 heteroatoms. The van der Waals surface area contributed by atoms with Crippen LogP contribution >= 0.6 is 0 Å². The topological polar surface area (TPSA) is 124 Å². The highest BCUT2D eigenvalue weighted by molar-refractivity contribution is 6.04. The number of nitro benzene ring substituents is 1. The van der Waals surface area contributed by atoms with E-state index in [2.05, 4.69) is 5.32 Å². The first-order valence-electron chi connectivity index (χ1n) is 10.0. The predicted molar refractivity (Wildman–Crippen MR) is 112 cm³/mol. The second-order valence-electron chi connectivity index (χ2n) is 7.32. The number of nitro groups is 1. The first-order chi connectivity index (χ1) is 14.9. The van der Waals surface area contributed by atoms with Gasteiger partial charge in [-0.1, -0.05) is 12.8 Å². The molecule has 0 unspecified atom stereocenters. The lowest BCUT2D eigenvalue weighted by Crippen LogP contribution is -2.35. The van der Waals surface area contributed by atoms with Crippen molar-refractivity contribution in [2.75, 3.05) is 24.6 Å². The summed E-state index contributed by atoms with van der Waals surface area (Å²) in [4.78, 5) is 49.3. The lowest BCUT2D eigenvalue weighted by atomic mass is 10.1. The van der Waals surface area contributed by atoms with Crippen LogP contribution in [-0.4, -0.2) is 47.0 Å². The molecule has 1 saturated heterocycles. The van der Waals surface area contributed by atoms with E-state index in [1.54, 1.807) is 36.0 Å². The molecule has 1 aliphatic rings. The van der Waals surface area contributed by atoms with Gasteiger partial charge in [0.25, 0.3) is 17.5 Å². The molecule has 1 fully saturated rings. The molecule has 10 nitrogen and oxygen atoms in total. The molecule has 0 saturated carbocycles. The zero-order chi connectivity index (χ0) is 22.4. The van der Waals surface area contributed by atoms with Crippen LogP contribution in [0.1, 0.15) is 46.5 Å². The van der Waals surface area contributed by atoms with Gasteiger partial charge in [0.05, 0.1) is 10.5 Å². The van der Waals surface area contributed by atoms with Gasteiger partial charge in [-0.3, -0.25) is 25.0 Å². The number of aryl methyl sites for hydroxylation is 1. The molecule has 2 amide bonds. The van der Waals surface area contributed by atoms with Crippen molar-refractivity contribution in [3.8, 4) is 0 Å². The Hall–Kier alpha value is -3.69. The minimum Gasteiger partial charge on any atom is -0.452 e. The Bertz CT molecular complexity index is 992. The lowest BCUT2D eigenvalue weighted by molar-refractivity contribution is -0.384. The van der Waals surface area contributed by atoms with Crippen LogP contribution in [0.5, 0.6) is 0 Å². The quantitative estimate of drug-likeness (QED) is 0.426. The van der Waals surface area contributed by atoms with Crippen molar-refractivity contribution in [3.63, 3.8) is 0 Å². The standard InChI is InChI=1S/C21H24N4O6/c1-23-10-6-7-17(23)20(27)22-19(26)14-31-21(28)15-8-9-16(18(13-15)25(29)30)24-11-4-2-3-5-12-24/h6-10,13H,2-5,11-12,14H2,1H3,(H,22,26,27). The summed E-state index contributed by atoms with van der Waals surface area (Å²) in [6, 6.07) is 7.35. The largest absolute Gasteiger partial charge is 0.452 e. The van der Waals surface area contributed by atoms with Crippen LogP contribution in [0.2, 0.25) is 0 Å². The molecule has 2 aromatic rings. The Balaban J connectivity index is 1.63. The smallest absolute Gasteiger partial charge is 0.338 e. The molecule has 164 valence electrons. The van der Waals surface area contributed by atoms with Crippen LogP contribution in [0, 0.1) is 10.1 Å². The van der Waals surface area contributed by atoms with Crippen LogP contribution in [-0.2, 0) is 16.6 Å². The highest BCUT2D eigenvalue weighted by Crippen LogP contribution is 2.31. The zero-order valence-electron chi connectivity index (χ0n) is 17.2. The van der Waals surface area contributed by atoms with Crippen LogP contribution in [0.3, 0.4) is 0 Å². The van der Waals surface area contributed by atoms with Crippen LogP contribution in [0.4, 0.5) is 11.4 Å². The zero-order valence-corrected chi connectivity index (χ0v) is 17.2. The molecule has 0 atom stereocenters. The molecule has 31 heavy (non-hydrogen) atoms. The third-order valence-corrected chi connectivity index (χ3v) is 5.12. The van der Waals surface area contributed by atoms with Gasteiger partial charge < -0.3 is 14.2 Å². The van der Waals surface area contributed by atoms with E-state index in [1.807, 2.05) is 4.90 Å². The Labute approximate surface area is 178 Å². The molecule has 0 radical (unpaired) electrons. The number of ether oxygens (including phenoxy) is 1. The Morgan fingerprint density at radius 1 is 1.13 bits per heavy atom. The summed E-state index contributed by atoms with van der Waals surface area (Å²) in [5.41, 5.74) is 0.528. The van der Waals surface area contributed by atoms with Crippen molar-refractivity contribution in [1.82, 2.24) is 9.88 Å². The van der Waals surface area contributed by atoms with Crippen molar-refractivity contribution >= 4 is 29.2 Å². The molecule has 0 aliphatic carbocycles. The van der Waals surface area contributed by atoms with E-state index < -0.39 is 29.3 Å². The number of aromatic nitrogens is 1. The number of hydrogen-bond acceptors (Lipinski definition) is 7. The second-order valence-corrected chi connectivity index (χ2v) is 7.32. The van der Waals surface area contributed by atoms with Crippen molar-refractivity contribution in [3.05, 3.63) is 57.9 Å². The normalized spacial score (nSPS) is 13.9. The average Bonchev–Trinajstić information content (AvgIpc) is 3.00. The van der Waals surface area contributed by atoms with Crippen molar-refractivity contribution < 1.29 is 24.0 Å². The molecular formula is C21H24N4O6. The number of nitrogens with one attached hydrogen (secondary N) is 1. The van der Waals surface area contributed by atoms with Gasteiger partial charge in [0.2, 0.25) is 0 Å². The van der Waals surface area contributed by atoms with Crippen molar-refractivity contribution in [1.29, 1.82) is 0 Å². The minimum atomic E-state index is -0.882. The Kier molecular flexibility index (Phi) is 7.01. The van der Waals surface area contributed by atoms with Gasteiger partial charge in [0.1, 0.15) is 11.4 Å². The SMILES string of the molecule is Cn1cccc1C(=O)NC(=O)COC(=O)c1ccc(N2CCCCCC2)c([N+](=O)[O-])c1. The van der Waals surface area contributed by atoms with Gasteiger partial charge in [-0.05, 0) is 37.1 Å². The van der Waals surface area contributed by atoms with E-state index in [0.29, 0.717) is 5.69 Å². The van der Waals surface area contributed by atoms with Crippen molar-refractivity contribution in [2.24, 2.45) is 7.05 Å². The first-order valence-corrected chi connectivity index (χ1v) is 10.0. The van der Waals surface area contributed by atoms with Gasteiger partial charge in [-0.2, -0.15) is 0 Å². The third kappa shape index (κ3) is 5.47. The first kappa shape index (κ1) is 22.0. The molecule has 1 aliphatic heterocycles. The fraction of sp³-hybridized carbons (Fsp3) is 0.381. The van der Waals surface area contributed by atoms with E-state index in [0.717, 1.165) is 44.8 Å². The van der Waals surface area contributed by atoms with Crippen LogP contribution in [0.25, 0.3) is 0 Å². The number of carbonyl (C=O) groups is 3. The van der Waals surface area contributed by atoms with Gasteiger partial charge in [-0.15, -0.1) is 0 Å². The summed E-state index contributed by atoms with van der Waals surface area (Å²) >= 11 is 0. The monoisotopic (exact) mass is 428 g/mol. The Morgan fingerprint density at radius 2 is 1.84 bits per heavy atom. The number of benzene rings is 1. The van der Waals surface area contributed by atoms with Crippen LogP contribution in [0.15, 0.2) is 36.5 Å².